The van der Waals surface area contributed by atoms with Crippen molar-refractivity contribution in [2.75, 3.05) is 0 Å². The quantitative estimate of drug-likeness (QED) is 0.766. The highest BCUT2D eigenvalue weighted by molar-refractivity contribution is 5.74. The van der Waals surface area contributed by atoms with Crippen LogP contribution in [-0.4, -0.2) is 11.9 Å². The van der Waals surface area contributed by atoms with Crippen molar-refractivity contribution in [2.45, 2.75) is 44.7 Å². The Morgan fingerprint density at radius 2 is 1.81 bits per heavy atom. The van der Waals surface area contributed by atoms with Gasteiger partial charge in [0.2, 0.25) is 6.54 Å². The predicted octanol–water partition coefficient (Wildman–Crippen LogP) is 1.42. The van der Waals surface area contributed by atoms with Crippen molar-refractivity contribution in [1.82, 2.24) is 5.32 Å². The van der Waals surface area contributed by atoms with Crippen LogP contribution in [0.25, 0.3) is 0 Å². The molecule has 16 heavy (non-hydrogen) atoms. The van der Waals surface area contributed by atoms with E-state index in [-0.39, 0.29) is 5.91 Å². The maximum absolute atomic E-state index is 11.7. The van der Waals surface area contributed by atoms with Crippen LogP contribution in [0.3, 0.4) is 0 Å². The molecular weight excluding hydrogens is 200 g/mol. The average Bonchev–Trinajstić information content (AvgIpc) is 2.31. The molecule has 1 heterocycles. The second-order valence-corrected chi connectivity index (χ2v) is 4.45. The first-order valence-electron chi connectivity index (χ1n) is 6.08. The topological polar surface area (TPSA) is 33.0 Å². The third-order valence-corrected chi connectivity index (χ3v) is 3.07. The lowest BCUT2D eigenvalue weighted by molar-refractivity contribution is -0.684. The summed E-state index contributed by atoms with van der Waals surface area (Å²) in [7, 11) is 0. The van der Waals surface area contributed by atoms with Crippen LogP contribution in [0.2, 0.25) is 0 Å². The molecule has 0 aliphatic heterocycles. The summed E-state index contributed by atoms with van der Waals surface area (Å²) < 4.78 is 1.90. The van der Waals surface area contributed by atoms with Gasteiger partial charge in [-0.3, -0.25) is 4.79 Å². The monoisotopic (exact) mass is 219 g/mol. The molecule has 0 bridgehead atoms. The minimum atomic E-state index is 0.128. The van der Waals surface area contributed by atoms with Gasteiger partial charge in [-0.1, -0.05) is 25.3 Å². The molecule has 1 N–H and O–H groups in total. The standard InChI is InChI=1S/C13H18N2O/c16-13(11-15-9-5-2-6-10-15)14-12-7-3-1-4-8-12/h2,5-6,9-10,12H,1,3-4,7-8,11H2/p+1. The molecule has 2 rings (SSSR count). The van der Waals surface area contributed by atoms with Crippen molar-refractivity contribution in [3.63, 3.8) is 0 Å². The van der Waals surface area contributed by atoms with E-state index in [9.17, 15) is 4.79 Å². The van der Waals surface area contributed by atoms with E-state index in [4.69, 9.17) is 0 Å². The molecule has 1 aliphatic rings. The molecule has 1 saturated carbocycles. The molecular formula is C13H19N2O+. The number of hydrogen-bond donors (Lipinski definition) is 1. The molecule has 86 valence electrons. The summed E-state index contributed by atoms with van der Waals surface area (Å²) in [5.41, 5.74) is 0. The van der Waals surface area contributed by atoms with E-state index in [2.05, 4.69) is 5.32 Å². The Bertz CT molecular complexity index is 331. The zero-order chi connectivity index (χ0) is 11.2. The average molecular weight is 219 g/mol. The highest BCUT2D eigenvalue weighted by atomic mass is 16.2. The fraction of sp³-hybridized carbons (Fsp3) is 0.538. The van der Waals surface area contributed by atoms with Crippen LogP contribution in [0, 0.1) is 0 Å². The van der Waals surface area contributed by atoms with Gasteiger partial charge in [0.1, 0.15) is 0 Å². The second kappa shape index (κ2) is 5.64. The smallest absolute Gasteiger partial charge is 0.286 e. The molecule has 1 aliphatic carbocycles. The maximum atomic E-state index is 11.7. The maximum Gasteiger partial charge on any atom is 0.286 e. The molecule has 1 aromatic rings. The molecule has 0 aromatic carbocycles. The third kappa shape index (κ3) is 3.33. The molecule has 1 aromatic heterocycles. The first kappa shape index (κ1) is 11.1. The third-order valence-electron chi connectivity index (χ3n) is 3.07. The lowest BCUT2D eigenvalue weighted by atomic mass is 9.95. The van der Waals surface area contributed by atoms with E-state index in [0.717, 1.165) is 12.8 Å². The van der Waals surface area contributed by atoms with Gasteiger partial charge in [0.05, 0.1) is 0 Å². The first-order chi connectivity index (χ1) is 7.84. The summed E-state index contributed by atoms with van der Waals surface area (Å²) in [6, 6.07) is 6.24. The van der Waals surface area contributed by atoms with Crippen LogP contribution in [0.4, 0.5) is 0 Å². The number of pyridine rings is 1. The van der Waals surface area contributed by atoms with Crippen LogP contribution in [0.15, 0.2) is 30.6 Å². The summed E-state index contributed by atoms with van der Waals surface area (Å²) >= 11 is 0. The van der Waals surface area contributed by atoms with E-state index in [1.165, 1.54) is 19.3 Å². The zero-order valence-corrected chi connectivity index (χ0v) is 9.56. The number of aromatic nitrogens is 1. The number of carbonyl (C=O) groups excluding carboxylic acids is 1. The SMILES string of the molecule is O=C(C[n+]1ccccc1)NC1CCCCC1. The molecule has 0 radical (unpaired) electrons. The number of amides is 1. The fourth-order valence-corrected chi connectivity index (χ4v) is 2.23. The normalized spacial score (nSPS) is 17.0. The summed E-state index contributed by atoms with van der Waals surface area (Å²) in [4.78, 5) is 11.7. The Labute approximate surface area is 96.5 Å². The van der Waals surface area contributed by atoms with Crippen molar-refractivity contribution in [3.8, 4) is 0 Å². The molecule has 0 spiro atoms. The Kier molecular flexibility index (Phi) is 3.91. The van der Waals surface area contributed by atoms with Gasteiger partial charge in [0.25, 0.3) is 5.91 Å². The summed E-state index contributed by atoms with van der Waals surface area (Å²) in [5, 5.41) is 3.11. The minimum Gasteiger partial charge on any atom is -0.348 e. The first-order valence-corrected chi connectivity index (χ1v) is 6.08. The minimum absolute atomic E-state index is 0.128. The lowest BCUT2D eigenvalue weighted by Gasteiger charge is -2.21. The van der Waals surface area contributed by atoms with Crippen LogP contribution in [-0.2, 0) is 11.3 Å². The van der Waals surface area contributed by atoms with Crippen molar-refractivity contribution in [2.24, 2.45) is 0 Å². The van der Waals surface area contributed by atoms with Crippen LogP contribution in [0.5, 0.6) is 0 Å². The Balaban J connectivity index is 1.80. The Hall–Kier alpha value is -1.38. The van der Waals surface area contributed by atoms with Gasteiger partial charge in [-0.05, 0) is 12.8 Å². The van der Waals surface area contributed by atoms with E-state index in [1.54, 1.807) is 0 Å². The van der Waals surface area contributed by atoms with Gasteiger partial charge < -0.3 is 5.32 Å². The molecule has 0 saturated heterocycles. The van der Waals surface area contributed by atoms with E-state index >= 15 is 0 Å². The summed E-state index contributed by atoms with van der Waals surface area (Å²) in [6.45, 7) is 0.428. The number of carbonyl (C=O) groups is 1. The summed E-state index contributed by atoms with van der Waals surface area (Å²) in [5.74, 6) is 0.128. The number of nitrogens with one attached hydrogen (secondary N) is 1. The molecule has 3 heteroatoms. The van der Waals surface area contributed by atoms with Gasteiger partial charge >= 0.3 is 0 Å². The van der Waals surface area contributed by atoms with Crippen molar-refractivity contribution in [3.05, 3.63) is 30.6 Å². The number of nitrogens with zero attached hydrogens (tertiary/aromatic N) is 1. The van der Waals surface area contributed by atoms with E-state index in [0.29, 0.717) is 12.6 Å². The molecule has 3 nitrogen and oxygen atoms in total. The van der Waals surface area contributed by atoms with Crippen molar-refractivity contribution in [1.29, 1.82) is 0 Å². The van der Waals surface area contributed by atoms with Crippen LogP contribution in [0.1, 0.15) is 32.1 Å². The lowest BCUT2D eigenvalue weighted by Crippen LogP contribution is -2.46. The van der Waals surface area contributed by atoms with Gasteiger partial charge in [0.15, 0.2) is 12.4 Å². The highest BCUT2D eigenvalue weighted by Gasteiger charge is 2.17. The Morgan fingerprint density at radius 3 is 2.50 bits per heavy atom. The van der Waals surface area contributed by atoms with Gasteiger partial charge in [-0.25, -0.2) is 0 Å². The largest absolute Gasteiger partial charge is 0.348 e. The zero-order valence-electron chi connectivity index (χ0n) is 9.56. The van der Waals surface area contributed by atoms with E-state index in [1.807, 2.05) is 35.2 Å². The molecule has 1 fully saturated rings. The molecule has 0 atom stereocenters. The van der Waals surface area contributed by atoms with Gasteiger partial charge in [-0.15, -0.1) is 0 Å². The Morgan fingerprint density at radius 1 is 1.12 bits per heavy atom. The number of hydrogen-bond acceptors (Lipinski definition) is 1. The predicted molar refractivity (Wildman–Crippen MR) is 61.7 cm³/mol. The van der Waals surface area contributed by atoms with Crippen molar-refractivity contribution >= 4 is 5.91 Å². The fourth-order valence-electron chi connectivity index (χ4n) is 2.23. The van der Waals surface area contributed by atoms with Crippen LogP contribution < -0.4 is 9.88 Å². The van der Waals surface area contributed by atoms with Crippen molar-refractivity contribution < 1.29 is 9.36 Å². The highest BCUT2D eigenvalue weighted by Crippen LogP contribution is 2.17. The molecule has 1 amide bonds. The van der Waals surface area contributed by atoms with Gasteiger partial charge in [-0.2, -0.15) is 4.57 Å². The summed E-state index contributed by atoms with van der Waals surface area (Å²) in [6.07, 6.45) is 9.95. The van der Waals surface area contributed by atoms with Gasteiger partial charge in [0, 0.05) is 18.2 Å². The second-order valence-electron chi connectivity index (χ2n) is 4.45. The van der Waals surface area contributed by atoms with E-state index < -0.39 is 0 Å². The van der Waals surface area contributed by atoms with Crippen LogP contribution >= 0.6 is 0 Å². The molecule has 0 unspecified atom stereocenters. The number of rotatable bonds is 3.